The van der Waals surface area contributed by atoms with E-state index >= 15 is 0 Å². The van der Waals surface area contributed by atoms with Gasteiger partial charge in [-0.2, -0.15) is 0 Å². The summed E-state index contributed by atoms with van der Waals surface area (Å²) in [5.41, 5.74) is 0.621. The Balaban J connectivity index is 2.04. The Labute approximate surface area is 138 Å². The molecule has 7 nitrogen and oxygen atoms in total. The van der Waals surface area contributed by atoms with E-state index in [0.717, 1.165) is 0 Å². The zero-order valence-electron chi connectivity index (χ0n) is 13.5. The maximum absolute atomic E-state index is 13.2. The van der Waals surface area contributed by atoms with Crippen molar-refractivity contribution in [2.24, 2.45) is 5.92 Å². The molecule has 0 spiro atoms. The van der Waals surface area contributed by atoms with Gasteiger partial charge in [-0.05, 0) is 31.5 Å². The van der Waals surface area contributed by atoms with E-state index in [0.29, 0.717) is 12.1 Å². The summed E-state index contributed by atoms with van der Waals surface area (Å²) in [7, 11) is 0. The van der Waals surface area contributed by atoms with Crippen molar-refractivity contribution in [1.29, 1.82) is 0 Å². The van der Waals surface area contributed by atoms with Gasteiger partial charge in [-0.25, -0.2) is 14.0 Å². The summed E-state index contributed by atoms with van der Waals surface area (Å²) in [5.74, 6) is -1.42. The Morgan fingerprint density at radius 3 is 2.29 bits per heavy atom. The fourth-order valence-corrected chi connectivity index (χ4v) is 3.36. The number of benzene rings is 1. The van der Waals surface area contributed by atoms with Crippen molar-refractivity contribution in [2.75, 3.05) is 13.1 Å². The molecule has 1 aromatic carbocycles. The molecule has 128 valence electrons. The number of urea groups is 2. The molecule has 3 unspecified atom stereocenters. The molecule has 0 bridgehead atoms. The van der Waals surface area contributed by atoms with Crippen molar-refractivity contribution in [1.82, 2.24) is 20.4 Å². The third kappa shape index (κ3) is 2.47. The topological polar surface area (TPSA) is 81.8 Å². The van der Waals surface area contributed by atoms with Crippen molar-refractivity contribution >= 4 is 18.0 Å². The number of fused-ring (bicyclic) bond motifs is 1. The summed E-state index contributed by atoms with van der Waals surface area (Å²) in [6.07, 6.45) is -0.721. The van der Waals surface area contributed by atoms with Crippen LogP contribution in [0.5, 0.6) is 0 Å². The molecule has 24 heavy (non-hydrogen) atoms. The molecular formula is C16H19FN4O3. The lowest BCUT2D eigenvalue weighted by Gasteiger charge is -2.49. The number of nitrogens with one attached hydrogen (secondary N) is 2. The van der Waals surface area contributed by atoms with Crippen molar-refractivity contribution in [3.05, 3.63) is 35.6 Å². The summed E-state index contributed by atoms with van der Waals surface area (Å²) in [6, 6.07) is 4.14. The second-order valence-electron chi connectivity index (χ2n) is 5.77. The molecule has 2 fully saturated rings. The summed E-state index contributed by atoms with van der Waals surface area (Å²) >= 11 is 0. The fraction of sp³-hybridized carbons (Fsp3) is 0.438. The van der Waals surface area contributed by atoms with Crippen LogP contribution in [0.15, 0.2) is 24.3 Å². The van der Waals surface area contributed by atoms with E-state index in [1.54, 1.807) is 26.0 Å². The molecule has 2 N–H and O–H groups in total. The molecule has 2 aliphatic heterocycles. The lowest BCUT2D eigenvalue weighted by atomic mass is 9.85. The lowest BCUT2D eigenvalue weighted by molar-refractivity contribution is -0.141. The van der Waals surface area contributed by atoms with Crippen LogP contribution in [0.4, 0.5) is 14.0 Å². The molecule has 8 heteroatoms. The Hall–Kier alpha value is -2.64. The molecule has 0 radical (unpaired) electrons. The standard InChI is InChI=1S/C16H19FN4O3/c1-3-20-13-11(14(22)21(4-2)16(20)24)12(18-15(23)19-13)9-5-7-10(17)8-6-9/h5-8,11-13H,3-4H2,1-2H3,(H2,18,19,23). The van der Waals surface area contributed by atoms with E-state index in [1.807, 2.05) is 0 Å². The number of hydrogen-bond donors (Lipinski definition) is 2. The lowest BCUT2D eigenvalue weighted by Crippen LogP contribution is -2.72. The van der Waals surface area contributed by atoms with Crippen molar-refractivity contribution in [2.45, 2.75) is 26.1 Å². The second kappa shape index (κ2) is 6.10. The van der Waals surface area contributed by atoms with Gasteiger partial charge in [0.1, 0.15) is 17.9 Å². The molecule has 0 aromatic heterocycles. The minimum absolute atomic E-state index is 0.251. The van der Waals surface area contributed by atoms with Crippen LogP contribution in [0.2, 0.25) is 0 Å². The summed E-state index contributed by atoms with van der Waals surface area (Å²) < 4.78 is 13.2. The predicted molar refractivity (Wildman–Crippen MR) is 83.2 cm³/mol. The highest BCUT2D eigenvalue weighted by molar-refractivity contribution is 6.00. The number of carbonyl (C=O) groups excluding carboxylic acids is 3. The van der Waals surface area contributed by atoms with E-state index in [1.165, 1.54) is 21.9 Å². The zero-order chi connectivity index (χ0) is 17.4. The predicted octanol–water partition coefficient (Wildman–Crippen LogP) is 1.43. The SMILES string of the molecule is CCN1C(=O)C2C(c3ccc(F)cc3)NC(=O)NC2N(CC)C1=O. The van der Waals surface area contributed by atoms with E-state index in [4.69, 9.17) is 0 Å². The molecule has 5 amide bonds. The summed E-state index contributed by atoms with van der Waals surface area (Å²) in [4.78, 5) is 40.0. The van der Waals surface area contributed by atoms with Gasteiger partial charge in [0.05, 0.1) is 6.04 Å². The summed E-state index contributed by atoms with van der Waals surface area (Å²) in [5, 5.41) is 5.40. The molecule has 2 heterocycles. The monoisotopic (exact) mass is 334 g/mol. The first-order chi connectivity index (χ1) is 11.5. The van der Waals surface area contributed by atoms with Gasteiger partial charge >= 0.3 is 12.1 Å². The molecule has 0 saturated carbocycles. The van der Waals surface area contributed by atoms with E-state index in [-0.39, 0.29) is 12.5 Å². The quantitative estimate of drug-likeness (QED) is 0.877. The van der Waals surface area contributed by atoms with Gasteiger partial charge in [0, 0.05) is 13.1 Å². The third-order valence-corrected chi connectivity index (χ3v) is 4.51. The highest BCUT2D eigenvalue weighted by Crippen LogP contribution is 2.34. The molecule has 0 aliphatic carbocycles. The van der Waals surface area contributed by atoms with Gasteiger partial charge < -0.3 is 15.5 Å². The molecule has 2 aliphatic rings. The number of amides is 5. The number of carbonyl (C=O) groups is 3. The van der Waals surface area contributed by atoms with E-state index in [9.17, 15) is 18.8 Å². The van der Waals surface area contributed by atoms with Crippen molar-refractivity contribution in [3.63, 3.8) is 0 Å². The van der Waals surface area contributed by atoms with Crippen molar-refractivity contribution in [3.8, 4) is 0 Å². The van der Waals surface area contributed by atoms with Crippen LogP contribution in [0.3, 0.4) is 0 Å². The number of rotatable bonds is 3. The highest BCUT2D eigenvalue weighted by Gasteiger charge is 2.52. The molecule has 3 atom stereocenters. The van der Waals surface area contributed by atoms with E-state index in [2.05, 4.69) is 10.6 Å². The fourth-order valence-electron chi connectivity index (χ4n) is 3.36. The Morgan fingerprint density at radius 1 is 1.04 bits per heavy atom. The van der Waals surface area contributed by atoms with Crippen LogP contribution in [-0.2, 0) is 4.79 Å². The van der Waals surface area contributed by atoms with Crippen LogP contribution >= 0.6 is 0 Å². The van der Waals surface area contributed by atoms with Gasteiger partial charge in [-0.1, -0.05) is 12.1 Å². The average molecular weight is 334 g/mol. The number of halogens is 1. The Bertz CT molecular complexity index is 678. The number of hydrogen-bond acceptors (Lipinski definition) is 3. The first-order valence-electron chi connectivity index (χ1n) is 7.92. The third-order valence-electron chi connectivity index (χ3n) is 4.51. The van der Waals surface area contributed by atoms with Crippen LogP contribution in [0.25, 0.3) is 0 Å². The number of imide groups is 1. The minimum Gasteiger partial charge on any atom is -0.330 e. The molecular weight excluding hydrogens is 315 g/mol. The van der Waals surface area contributed by atoms with Gasteiger partial charge in [-0.3, -0.25) is 9.69 Å². The Kier molecular flexibility index (Phi) is 4.13. The van der Waals surface area contributed by atoms with Crippen LogP contribution in [0.1, 0.15) is 25.5 Å². The maximum atomic E-state index is 13.2. The van der Waals surface area contributed by atoms with Gasteiger partial charge in [0.15, 0.2) is 0 Å². The van der Waals surface area contributed by atoms with Crippen molar-refractivity contribution < 1.29 is 18.8 Å². The zero-order valence-corrected chi connectivity index (χ0v) is 13.5. The normalized spacial score (nSPS) is 26.8. The first-order valence-corrected chi connectivity index (χ1v) is 7.92. The first kappa shape index (κ1) is 16.2. The van der Waals surface area contributed by atoms with E-state index < -0.39 is 36.0 Å². The van der Waals surface area contributed by atoms with Gasteiger partial charge in [0.2, 0.25) is 5.91 Å². The molecule has 1 aromatic rings. The smallest absolute Gasteiger partial charge is 0.328 e. The average Bonchev–Trinajstić information content (AvgIpc) is 2.55. The second-order valence-corrected chi connectivity index (χ2v) is 5.77. The van der Waals surface area contributed by atoms with Crippen LogP contribution in [0, 0.1) is 11.7 Å². The highest BCUT2D eigenvalue weighted by atomic mass is 19.1. The maximum Gasteiger partial charge on any atom is 0.328 e. The van der Waals surface area contributed by atoms with Crippen LogP contribution in [-0.4, -0.2) is 47.0 Å². The van der Waals surface area contributed by atoms with Gasteiger partial charge in [0.25, 0.3) is 0 Å². The largest absolute Gasteiger partial charge is 0.330 e. The number of nitrogens with zero attached hydrogens (tertiary/aromatic N) is 2. The minimum atomic E-state index is -0.721. The van der Waals surface area contributed by atoms with Crippen LogP contribution < -0.4 is 10.6 Å². The molecule has 2 saturated heterocycles. The summed E-state index contributed by atoms with van der Waals surface area (Å²) in [6.45, 7) is 4.13. The molecule has 3 rings (SSSR count). The Morgan fingerprint density at radius 2 is 1.71 bits per heavy atom. The van der Waals surface area contributed by atoms with Gasteiger partial charge in [-0.15, -0.1) is 0 Å².